The number of carbonyl (C=O) groups is 2. The number of nitrogens with zero attached hydrogens (tertiary/aromatic N) is 1. The summed E-state index contributed by atoms with van der Waals surface area (Å²) in [4.78, 5) is 27.5. The standard InChI is InChI=1S/C25H24N2O2/c28-24(23(19-9-3-1-4-10-19)20-11-5-2-6-12-20)26-22-15-13-21(14-16-22)25(29)27-17-7-8-18-27/h1-6,9-16,23H,7-8,17-18H2,(H,26,28). The van der Waals surface area contributed by atoms with Gasteiger partial charge in [-0.2, -0.15) is 0 Å². The molecule has 0 radical (unpaired) electrons. The molecule has 0 atom stereocenters. The SMILES string of the molecule is O=C(Nc1ccc(C(=O)N2CCCC2)cc1)C(c1ccccc1)c1ccccc1. The van der Waals surface area contributed by atoms with Crippen molar-refractivity contribution in [2.24, 2.45) is 0 Å². The fraction of sp³-hybridized carbons (Fsp3) is 0.200. The topological polar surface area (TPSA) is 49.4 Å². The maximum Gasteiger partial charge on any atom is 0.253 e. The molecular weight excluding hydrogens is 360 g/mol. The van der Waals surface area contributed by atoms with Gasteiger partial charge in [-0.1, -0.05) is 60.7 Å². The molecule has 3 aromatic carbocycles. The van der Waals surface area contributed by atoms with Crippen molar-refractivity contribution in [3.05, 3.63) is 102 Å². The van der Waals surface area contributed by atoms with Crippen molar-refractivity contribution in [3.63, 3.8) is 0 Å². The van der Waals surface area contributed by atoms with Crippen LogP contribution in [0.2, 0.25) is 0 Å². The van der Waals surface area contributed by atoms with Gasteiger partial charge in [0.15, 0.2) is 0 Å². The largest absolute Gasteiger partial charge is 0.339 e. The van der Waals surface area contributed by atoms with Crippen LogP contribution in [-0.4, -0.2) is 29.8 Å². The van der Waals surface area contributed by atoms with Gasteiger partial charge in [0.05, 0.1) is 5.92 Å². The van der Waals surface area contributed by atoms with E-state index in [4.69, 9.17) is 0 Å². The summed E-state index contributed by atoms with van der Waals surface area (Å²) >= 11 is 0. The summed E-state index contributed by atoms with van der Waals surface area (Å²) in [6.07, 6.45) is 2.14. The minimum absolute atomic E-state index is 0.0619. The third-order valence-electron chi connectivity index (χ3n) is 5.32. The number of rotatable bonds is 5. The molecule has 0 unspecified atom stereocenters. The average Bonchev–Trinajstić information content (AvgIpc) is 3.30. The molecule has 0 bridgehead atoms. The predicted octanol–water partition coefficient (Wildman–Crippen LogP) is 4.69. The Labute approximate surface area is 171 Å². The van der Waals surface area contributed by atoms with Crippen LogP contribution in [0.1, 0.15) is 40.2 Å². The molecule has 1 aliphatic rings. The van der Waals surface area contributed by atoms with E-state index < -0.39 is 5.92 Å². The summed E-state index contributed by atoms with van der Waals surface area (Å²) < 4.78 is 0. The lowest BCUT2D eigenvalue weighted by molar-refractivity contribution is -0.116. The van der Waals surface area contributed by atoms with Gasteiger partial charge in [0, 0.05) is 24.3 Å². The maximum absolute atomic E-state index is 13.2. The van der Waals surface area contributed by atoms with E-state index in [1.165, 1.54) is 0 Å². The molecule has 1 heterocycles. The van der Waals surface area contributed by atoms with Gasteiger partial charge in [-0.3, -0.25) is 9.59 Å². The smallest absolute Gasteiger partial charge is 0.253 e. The number of carbonyl (C=O) groups excluding carboxylic acids is 2. The lowest BCUT2D eigenvalue weighted by Gasteiger charge is -2.18. The van der Waals surface area contributed by atoms with Crippen molar-refractivity contribution in [2.75, 3.05) is 18.4 Å². The second kappa shape index (κ2) is 8.74. The first kappa shape index (κ1) is 18.9. The number of likely N-dealkylation sites (tertiary alicyclic amines) is 1. The lowest BCUT2D eigenvalue weighted by Crippen LogP contribution is -2.27. The minimum Gasteiger partial charge on any atom is -0.339 e. The fourth-order valence-electron chi connectivity index (χ4n) is 3.80. The molecule has 1 aliphatic heterocycles. The van der Waals surface area contributed by atoms with Gasteiger partial charge in [0.1, 0.15) is 0 Å². The van der Waals surface area contributed by atoms with E-state index >= 15 is 0 Å². The summed E-state index contributed by atoms with van der Waals surface area (Å²) in [6, 6.07) is 26.7. The van der Waals surface area contributed by atoms with E-state index in [9.17, 15) is 9.59 Å². The fourth-order valence-corrected chi connectivity index (χ4v) is 3.80. The summed E-state index contributed by atoms with van der Waals surface area (Å²) in [7, 11) is 0. The average molecular weight is 384 g/mol. The monoisotopic (exact) mass is 384 g/mol. The maximum atomic E-state index is 13.2. The highest BCUT2D eigenvalue weighted by Gasteiger charge is 2.23. The number of amides is 2. The van der Waals surface area contributed by atoms with E-state index in [0.29, 0.717) is 11.3 Å². The van der Waals surface area contributed by atoms with E-state index in [-0.39, 0.29) is 11.8 Å². The first-order valence-corrected chi connectivity index (χ1v) is 10.0. The Morgan fingerprint density at radius 2 is 1.24 bits per heavy atom. The zero-order chi connectivity index (χ0) is 20.1. The number of nitrogens with one attached hydrogen (secondary N) is 1. The molecule has 4 heteroatoms. The van der Waals surface area contributed by atoms with Gasteiger partial charge in [-0.15, -0.1) is 0 Å². The van der Waals surface area contributed by atoms with E-state index in [2.05, 4.69) is 5.32 Å². The molecule has 3 aromatic rings. The van der Waals surface area contributed by atoms with Gasteiger partial charge in [0.2, 0.25) is 5.91 Å². The predicted molar refractivity (Wildman–Crippen MR) is 115 cm³/mol. The summed E-state index contributed by atoms with van der Waals surface area (Å²) in [5, 5.41) is 3.01. The van der Waals surface area contributed by atoms with Crippen LogP contribution in [0, 0.1) is 0 Å². The molecule has 2 amide bonds. The molecule has 0 aliphatic carbocycles. The van der Waals surface area contributed by atoms with Gasteiger partial charge in [-0.25, -0.2) is 0 Å². The summed E-state index contributed by atoms with van der Waals surface area (Å²) in [5.74, 6) is -0.434. The third-order valence-corrected chi connectivity index (χ3v) is 5.32. The Hall–Kier alpha value is -3.40. The van der Waals surface area contributed by atoms with Crippen LogP contribution in [0.15, 0.2) is 84.9 Å². The molecule has 0 saturated carbocycles. The summed E-state index contributed by atoms with van der Waals surface area (Å²) in [6.45, 7) is 1.65. The Balaban J connectivity index is 1.52. The number of benzene rings is 3. The Morgan fingerprint density at radius 3 is 1.76 bits per heavy atom. The molecular formula is C25H24N2O2. The van der Waals surface area contributed by atoms with Crippen LogP contribution in [-0.2, 0) is 4.79 Å². The van der Waals surface area contributed by atoms with E-state index in [1.807, 2.05) is 65.6 Å². The van der Waals surface area contributed by atoms with Crippen molar-refractivity contribution in [2.45, 2.75) is 18.8 Å². The third kappa shape index (κ3) is 4.37. The van der Waals surface area contributed by atoms with Gasteiger partial charge >= 0.3 is 0 Å². The van der Waals surface area contributed by atoms with Crippen molar-refractivity contribution < 1.29 is 9.59 Å². The molecule has 4 nitrogen and oxygen atoms in total. The second-order valence-corrected chi connectivity index (χ2v) is 7.32. The van der Waals surface area contributed by atoms with Gasteiger partial charge in [-0.05, 0) is 48.2 Å². The van der Waals surface area contributed by atoms with Gasteiger partial charge in [0.25, 0.3) is 5.91 Å². The van der Waals surface area contributed by atoms with Crippen molar-refractivity contribution in [3.8, 4) is 0 Å². The molecule has 1 N–H and O–H groups in total. The van der Waals surface area contributed by atoms with E-state index in [0.717, 1.165) is 37.1 Å². The zero-order valence-corrected chi connectivity index (χ0v) is 16.3. The van der Waals surface area contributed by atoms with Crippen molar-refractivity contribution >= 4 is 17.5 Å². The Morgan fingerprint density at radius 1 is 0.724 bits per heavy atom. The molecule has 1 saturated heterocycles. The van der Waals surface area contributed by atoms with Crippen molar-refractivity contribution in [1.82, 2.24) is 4.90 Å². The van der Waals surface area contributed by atoms with Crippen LogP contribution >= 0.6 is 0 Å². The lowest BCUT2D eigenvalue weighted by atomic mass is 9.90. The van der Waals surface area contributed by atoms with Gasteiger partial charge < -0.3 is 10.2 Å². The van der Waals surface area contributed by atoms with Crippen LogP contribution in [0.25, 0.3) is 0 Å². The highest BCUT2D eigenvalue weighted by molar-refractivity contribution is 5.99. The first-order chi connectivity index (χ1) is 14.2. The second-order valence-electron chi connectivity index (χ2n) is 7.32. The highest BCUT2D eigenvalue weighted by Crippen LogP contribution is 2.26. The van der Waals surface area contributed by atoms with Crippen LogP contribution < -0.4 is 5.32 Å². The summed E-state index contributed by atoms with van der Waals surface area (Å²) in [5.41, 5.74) is 3.23. The van der Waals surface area contributed by atoms with E-state index in [1.54, 1.807) is 24.3 Å². The Kier molecular flexibility index (Phi) is 5.71. The molecule has 29 heavy (non-hydrogen) atoms. The molecule has 1 fully saturated rings. The number of hydrogen-bond donors (Lipinski definition) is 1. The first-order valence-electron chi connectivity index (χ1n) is 10.0. The molecule has 4 rings (SSSR count). The number of hydrogen-bond acceptors (Lipinski definition) is 2. The normalized spacial score (nSPS) is 13.5. The van der Waals surface area contributed by atoms with Crippen LogP contribution in [0.4, 0.5) is 5.69 Å². The minimum atomic E-state index is -0.400. The highest BCUT2D eigenvalue weighted by atomic mass is 16.2. The Bertz CT molecular complexity index is 923. The number of anilines is 1. The quantitative estimate of drug-likeness (QED) is 0.694. The molecule has 146 valence electrons. The van der Waals surface area contributed by atoms with Crippen LogP contribution in [0.3, 0.4) is 0 Å². The molecule has 0 aromatic heterocycles. The molecule has 0 spiro atoms. The van der Waals surface area contributed by atoms with Crippen molar-refractivity contribution in [1.29, 1.82) is 0 Å². The zero-order valence-electron chi connectivity index (χ0n) is 16.3. The van der Waals surface area contributed by atoms with Crippen LogP contribution in [0.5, 0.6) is 0 Å².